The lowest BCUT2D eigenvalue weighted by atomic mass is 10.0. The molecule has 8 heteroatoms. The van der Waals surface area contributed by atoms with Crippen molar-refractivity contribution >= 4 is 29.9 Å². The Kier molecular flexibility index (Phi) is 9.59. The molecule has 158 valence electrons. The average Bonchev–Trinajstić information content (AvgIpc) is 3.03. The van der Waals surface area contributed by atoms with E-state index in [-0.39, 0.29) is 24.0 Å². The molecule has 2 N–H and O–H groups in total. The number of aliphatic imine (C=N–C) groups is 1. The van der Waals surface area contributed by atoms with E-state index >= 15 is 0 Å². The minimum absolute atomic E-state index is 0. The summed E-state index contributed by atoms with van der Waals surface area (Å²) < 4.78 is 1.97. The Bertz CT molecular complexity index is 788. The number of aryl methyl sites for hydroxylation is 1. The summed E-state index contributed by atoms with van der Waals surface area (Å²) in [7, 11) is 1.97. The summed E-state index contributed by atoms with van der Waals surface area (Å²) in [4.78, 5) is 7.22. The highest BCUT2D eigenvalue weighted by Gasteiger charge is 2.21. The van der Waals surface area contributed by atoms with E-state index < -0.39 is 0 Å². The van der Waals surface area contributed by atoms with Gasteiger partial charge in [0.15, 0.2) is 11.8 Å². The van der Waals surface area contributed by atoms with Crippen molar-refractivity contribution in [2.75, 3.05) is 19.6 Å². The third-order valence-corrected chi connectivity index (χ3v) is 5.07. The number of nitrogens with zero attached hydrogens (tertiary/aromatic N) is 5. The van der Waals surface area contributed by atoms with Crippen LogP contribution in [0.2, 0.25) is 0 Å². The molecule has 1 fully saturated rings. The Balaban J connectivity index is 0.00000300. The first-order valence-corrected chi connectivity index (χ1v) is 9.92. The van der Waals surface area contributed by atoms with Crippen LogP contribution in [0.3, 0.4) is 0 Å². The summed E-state index contributed by atoms with van der Waals surface area (Å²) >= 11 is 0. The first-order valence-electron chi connectivity index (χ1n) is 9.92. The van der Waals surface area contributed by atoms with Gasteiger partial charge in [0.05, 0.1) is 0 Å². The second-order valence-corrected chi connectivity index (χ2v) is 7.26. The molecule has 2 heterocycles. The highest BCUT2D eigenvalue weighted by Crippen LogP contribution is 2.13. The fourth-order valence-corrected chi connectivity index (χ4v) is 3.41. The summed E-state index contributed by atoms with van der Waals surface area (Å²) in [6, 6.07) is 11.0. The van der Waals surface area contributed by atoms with Crippen LogP contribution in [-0.2, 0) is 20.1 Å². The molecule has 1 aliphatic heterocycles. The first kappa shape index (κ1) is 23.3. The van der Waals surface area contributed by atoms with Crippen LogP contribution in [0.4, 0.5) is 0 Å². The van der Waals surface area contributed by atoms with Crippen molar-refractivity contribution in [2.24, 2.45) is 12.0 Å². The SMILES string of the molecule is C=CCNC(=NCc1nnc(C)n1C)NC1CCCN(Cc2ccccc2)C1.I. The predicted octanol–water partition coefficient (Wildman–Crippen LogP) is 2.63. The molecular weight excluding hydrogens is 477 g/mol. The van der Waals surface area contributed by atoms with Gasteiger partial charge in [-0.25, -0.2) is 4.99 Å². The fourth-order valence-electron chi connectivity index (χ4n) is 3.41. The maximum absolute atomic E-state index is 4.71. The number of aromatic nitrogens is 3. The van der Waals surface area contributed by atoms with Gasteiger partial charge in [-0.2, -0.15) is 0 Å². The van der Waals surface area contributed by atoms with Gasteiger partial charge in [0.25, 0.3) is 0 Å². The second kappa shape index (κ2) is 11.9. The molecule has 0 bridgehead atoms. The Morgan fingerprint density at radius 1 is 1.31 bits per heavy atom. The van der Waals surface area contributed by atoms with E-state index in [9.17, 15) is 0 Å². The van der Waals surface area contributed by atoms with Crippen molar-refractivity contribution in [3.8, 4) is 0 Å². The van der Waals surface area contributed by atoms with Crippen molar-refractivity contribution in [3.05, 3.63) is 60.2 Å². The van der Waals surface area contributed by atoms with Crippen LogP contribution in [0.25, 0.3) is 0 Å². The van der Waals surface area contributed by atoms with E-state index in [4.69, 9.17) is 4.99 Å². The zero-order chi connectivity index (χ0) is 19.8. The van der Waals surface area contributed by atoms with Gasteiger partial charge in [-0.1, -0.05) is 36.4 Å². The lowest BCUT2D eigenvalue weighted by molar-refractivity contribution is 0.192. The van der Waals surface area contributed by atoms with Gasteiger partial charge < -0.3 is 15.2 Å². The Labute approximate surface area is 190 Å². The number of halogens is 1. The van der Waals surface area contributed by atoms with E-state index in [1.54, 1.807) is 0 Å². The van der Waals surface area contributed by atoms with Gasteiger partial charge in [0.2, 0.25) is 0 Å². The van der Waals surface area contributed by atoms with Crippen LogP contribution >= 0.6 is 24.0 Å². The number of rotatable bonds is 7. The van der Waals surface area contributed by atoms with Crippen molar-refractivity contribution in [3.63, 3.8) is 0 Å². The molecule has 1 saturated heterocycles. The van der Waals surface area contributed by atoms with Crippen LogP contribution in [0.5, 0.6) is 0 Å². The van der Waals surface area contributed by atoms with Crippen LogP contribution in [0, 0.1) is 6.92 Å². The second-order valence-electron chi connectivity index (χ2n) is 7.26. The number of hydrogen-bond acceptors (Lipinski definition) is 4. The summed E-state index contributed by atoms with van der Waals surface area (Å²) in [5, 5.41) is 15.2. The van der Waals surface area contributed by atoms with Gasteiger partial charge in [-0.15, -0.1) is 40.8 Å². The van der Waals surface area contributed by atoms with Gasteiger partial charge >= 0.3 is 0 Å². The molecule has 0 aliphatic carbocycles. The monoisotopic (exact) mass is 509 g/mol. The molecule has 1 unspecified atom stereocenters. The van der Waals surface area contributed by atoms with E-state index in [2.05, 4.69) is 62.6 Å². The summed E-state index contributed by atoms with van der Waals surface area (Å²) in [6.45, 7) is 10.0. The average molecular weight is 509 g/mol. The zero-order valence-corrected chi connectivity index (χ0v) is 19.7. The van der Waals surface area contributed by atoms with Crippen molar-refractivity contribution in [2.45, 2.75) is 38.9 Å². The predicted molar refractivity (Wildman–Crippen MR) is 128 cm³/mol. The number of benzene rings is 1. The zero-order valence-electron chi connectivity index (χ0n) is 17.3. The number of hydrogen-bond donors (Lipinski definition) is 2. The topological polar surface area (TPSA) is 70.4 Å². The van der Waals surface area contributed by atoms with Gasteiger partial charge in [-0.3, -0.25) is 4.90 Å². The number of nitrogens with one attached hydrogen (secondary N) is 2. The normalized spacial score (nSPS) is 17.4. The smallest absolute Gasteiger partial charge is 0.192 e. The van der Waals surface area contributed by atoms with Crippen LogP contribution in [0.1, 0.15) is 30.1 Å². The van der Waals surface area contributed by atoms with Crippen LogP contribution < -0.4 is 10.6 Å². The summed E-state index contributed by atoms with van der Waals surface area (Å²) in [6.07, 6.45) is 4.16. The van der Waals surface area contributed by atoms with Gasteiger partial charge in [0.1, 0.15) is 12.4 Å². The third-order valence-electron chi connectivity index (χ3n) is 5.07. The van der Waals surface area contributed by atoms with Crippen molar-refractivity contribution in [1.29, 1.82) is 0 Å². The maximum Gasteiger partial charge on any atom is 0.192 e. The quantitative estimate of drug-likeness (QED) is 0.260. The lowest BCUT2D eigenvalue weighted by Gasteiger charge is -2.34. The highest BCUT2D eigenvalue weighted by molar-refractivity contribution is 14.0. The Hall–Kier alpha value is -1.94. The van der Waals surface area contributed by atoms with E-state index in [0.717, 1.165) is 43.7 Å². The number of likely N-dealkylation sites (tertiary alicyclic amines) is 1. The summed E-state index contributed by atoms with van der Waals surface area (Å²) in [5.41, 5.74) is 1.36. The molecular formula is C21H32IN7. The minimum atomic E-state index is 0. The number of piperidine rings is 1. The molecule has 7 nitrogen and oxygen atoms in total. The number of guanidine groups is 1. The van der Waals surface area contributed by atoms with Crippen LogP contribution in [0.15, 0.2) is 48.0 Å². The molecule has 1 atom stereocenters. The van der Waals surface area contributed by atoms with E-state index in [0.29, 0.717) is 19.1 Å². The van der Waals surface area contributed by atoms with E-state index in [1.807, 2.05) is 24.6 Å². The molecule has 0 amide bonds. The molecule has 0 radical (unpaired) electrons. The minimum Gasteiger partial charge on any atom is -0.353 e. The fraction of sp³-hybridized carbons (Fsp3) is 0.476. The standard InChI is InChI=1S/C21H31N7.HI/c1-4-12-22-21(23-14-20-26-25-17(2)27(20)3)24-19-11-8-13-28(16-19)15-18-9-6-5-7-10-18;/h4-7,9-10,19H,1,8,11-16H2,2-3H3,(H2,22,23,24);1H. The van der Waals surface area contributed by atoms with Crippen molar-refractivity contribution in [1.82, 2.24) is 30.3 Å². The largest absolute Gasteiger partial charge is 0.353 e. The maximum atomic E-state index is 4.71. The molecule has 1 aromatic heterocycles. The third kappa shape index (κ3) is 7.11. The Morgan fingerprint density at radius 2 is 2.10 bits per heavy atom. The van der Waals surface area contributed by atoms with Crippen LogP contribution in [-0.4, -0.2) is 51.3 Å². The molecule has 0 spiro atoms. The van der Waals surface area contributed by atoms with Gasteiger partial charge in [-0.05, 0) is 31.9 Å². The molecule has 1 aromatic carbocycles. The molecule has 3 rings (SSSR count). The Morgan fingerprint density at radius 3 is 2.79 bits per heavy atom. The molecule has 1 aliphatic rings. The highest BCUT2D eigenvalue weighted by atomic mass is 127. The van der Waals surface area contributed by atoms with Crippen molar-refractivity contribution < 1.29 is 0 Å². The molecule has 29 heavy (non-hydrogen) atoms. The van der Waals surface area contributed by atoms with Gasteiger partial charge in [0, 0.05) is 32.7 Å². The molecule has 0 saturated carbocycles. The first-order chi connectivity index (χ1) is 13.7. The molecule has 2 aromatic rings. The summed E-state index contributed by atoms with van der Waals surface area (Å²) in [5.74, 6) is 2.54. The van der Waals surface area contributed by atoms with E-state index in [1.165, 1.54) is 12.0 Å². The lowest BCUT2D eigenvalue weighted by Crippen LogP contribution is -2.51.